The van der Waals surface area contributed by atoms with Gasteiger partial charge in [0.25, 0.3) is 0 Å². The zero-order chi connectivity index (χ0) is 10.6. The minimum atomic E-state index is -3.03. The maximum Gasteiger partial charge on any atom is 0.214 e. The molecule has 0 saturated carbocycles. The maximum absolute atomic E-state index is 11.7. The quantitative estimate of drug-likeness (QED) is 0.755. The summed E-state index contributed by atoms with van der Waals surface area (Å²) in [6.45, 7) is 2.65. The molecule has 0 aliphatic carbocycles. The van der Waals surface area contributed by atoms with E-state index < -0.39 is 10.0 Å². The van der Waals surface area contributed by atoms with Gasteiger partial charge < -0.3 is 5.11 Å². The first kappa shape index (κ1) is 11.9. The molecule has 1 N–H and O–H groups in total. The number of nitrogens with zero attached hydrogens (tertiary/aromatic N) is 1. The van der Waals surface area contributed by atoms with E-state index in [1.807, 2.05) is 6.92 Å². The van der Waals surface area contributed by atoms with Gasteiger partial charge in [0.1, 0.15) is 0 Å². The Morgan fingerprint density at radius 2 is 2.14 bits per heavy atom. The predicted octanol–water partition coefficient (Wildman–Crippen LogP) is 0.573. The fourth-order valence-electron chi connectivity index (χ4n) is 1.92. The Hall–Kier alpha value is -0.130. The van der Waals surface area contributed by atoms with Crippen LogP contribution in [0.4, 0.5) is 0 Å². The first-order chi connectivity index (χ1) is 6.61. The SMILES string of the molecule is CCC(CCO)N1CCCCS1(=O)=O. The van der Waals surface area contributed by atoms with Gasteiger partial charge in [-0.05, 0) is 25.7 Å². The van der Waals surface area contributed by atoms with E-state index in [4.69, 9.17) is 5.11 Å². The molecule has 0 radical (unpaired) electrons. The van der Waals surface area contributed by atoms with Crippen molar-refractivity contribution in [2.24, 2.45) is 0 Å². The van der Waals surface area contributed by atoms with Crippen LogP contribution in [0.15, 0.2) is 0 Å². The molecule has 4 nitrogen and oxygen atoms in total. The predicted molar refractivity (Wildman–Crippen MR) is 55.5 cm³/mol. The highest BCUT2D eigenvalue weighted by Crippen LogP contribution is 2.20. The van der Waals surface area contributed by atoms with E-state index in [9.17, 15) is 8.42 Å². The number of aliphatic hydroxyl groups excluding tert-OH is 1. The average molecular weight is 221 g/mol. The van der Waals surface area contributed by atoms with E-state index in [-0.39, 0.29) is 18.4 Å². The molecule has 1 aliphatic heterocycles. The largest absolute Gasteiger partial charge is 0.396 e. The maximum atomic E-state index is 11.7. The second-order valence-electron chi connectivity index (χ2n) is 3.71. The summed E-state index contributed by atoms with van der Waals surface area (Å²) in [6.07, 6.45) is 3.05. The second-order valence-corrected chi connectivity index (χ2v) is 5.75. The molecular weight excluding hydrogens is 202 g/mol. The standard InChI is InChI=1S/C9H19NO3S/c1-2-9(5-7-11)10-6-3-4-8-14(10,12)13/h9,11H,2-8H2,1H3. The number of aliphatic hydroxyl groups is 1. The zero-order valence-corrected chi connectivity index (χ0v) is 9.46. The van der Waals surface area contributed by atoms with Crippen LogP contribution in [0.25, 0.3) is 0 Å². The average Bonchev–Trinajstić information content (AvgIpc) is 2.14. The van der Waals surface area contributed by atoms with Crippen molar-refractivity contribution in [3.8, 4) is 0 Å². The second kappa shape index (κ2) is 5.09. The van der Waals surface area contributed by atoms with Gasteiger partial charge in [0.15, 0.2) is 0 Å². The lowest BCUT2D eigenvalue weighted by molar-refractivity contribution is 0.215. The van der Waals surface area contributed by atoms with Crippen LogP contribution in [0.5, 0.6) is 0 Å². The van der Waals surface area contributed by atoms with Crippen molar-refractivity contribution < 1.29 is 13.5 Å². The monoisotopic (exact) mass is 221 g/mol. The van der Waals surface area contributed by atoms with Crippen molar-refractivity contribution in [1.29, 1.82) is 0 Å². The summed E-state index contributed by atoms with van der Waals surface area (Å²) in [5.41, 5.74) is 0. The van der Waals surface area contributed by atoms with Gasteiger partial charge in [-0.3, -0.25) is 0 Å². The van der Waals surface area contributed by atoms with E-state index in [2.05, 4.69) is 0 Å². The van der Waals surface area contributed by atoms with E-state index in [1.165, 1.54) is 0 Å². The topological polar surface area (TPSA) is 57.6 Å². The van der Waals surface area contributed by atoms with Gasteiger partial charge in [0, 0.05) is 19.2 Å². The summed E-state index contributed by atoms with van der Waals surface area (Å²) in [4.78, 5) is 0. The Morgan fingerprint density at radius 1 is 1.43 bits per heavy atom. The summed E-state index contributed by atoms with van der Waals surface area (Å²) in [5.74, 6) is 0.273. The molecule has 1 rings (SSSR count). The lowest BCUT2D eigenvalue weighted by Crippen LogP contribution is -2.45. The van der Waals surface area contributed by atoms with Crippen molar-refractivity contribution in [3.63, 3.8) is 0 Å². The normalized spacial score (nSPS) is 24.7. The molecule has 1 aliphatic rings. The van der Waals surface area contributed by atoms with Crippen LogP contribution < -0.4 is 0 Å². The van der Waals surface area contributed by atoms with Crippen molar-refractivity contribution in [3.05, 3.63) is 0 Å². The molecule has 1 fully saturated rings. The molecular formula is C9H19NO3S. The number of sulfonamides is 1. The first-order valence-corrected chi connectivity index (χ1v) is 6.83. The fourth-order valence-corrected chi connectivity index (χ4v) is 3.84. The Labute approximate surface area is 86.0 Å². The van der Waals surface area contributed by atoms with Gasteiger partial charge in [-0.1, -0.05) is 6.92 Å². The van der Waals surface area contributed by atoms with Gasteiger partial charge in [0.2, 0.25) is 10.0 Å². The summed E-state index contributed by atoms with van der Waals surface area (Å²) >= 11 is 0. The molecule has 14 heavy (non-hydrogen) atoms. The molecule has 0 aromatic carbocycles. The molecule has 1 saturated heterocycles. The van der Waals surface area contributed by atoms with Crippen LogP contribution in [-0.4, -0.2) is 42.8 Å². The van der Waals surface area contributed by atoms with Gasteiger partial charge in [0.05, 0.1) is 5.75 Å². The molecule has 0 aromatic heterocycles. The van der Waals surface area contributed by atoms with Crippen LogP contribution >= 0.6 is 0 Å². The molecule has 0 amide bonds. The number of hydrogen-bond acceptors (Lipinski definition) is 3. The summed E-state index contributed by atoms with van der Waals surface area (Å²) < 4.78 is 25.0. The van der Waals surface area contributed by atoms with Crippen molar-refractivity contribution in [2.45, 2.75) is 38.6 Å². The van der Waals surface area contributed by atoms with Crippen LogP contribution in [0, 0.1) is 0 Å². The minimum Gasteiger partial charge on any atom is -0.396 e. The molecule has 1 unspecified atom stereocenters. The molecule has 0 spiro atoms. The Morgan fingerprint density at radius 3 is 2.64 bits per heavy atom. The fraction of sp³-hybridized carbons (Fsp3) is 1.00. The van der Waals surface area contributed by atoms with E-state index in [0.29, 0.717) is 13.0 Å². The zero-order valence-electron chi connectivity index (χ0n) is 8.65. The van der Waals surface area contributed by atoms with Crippen LogP contribution in [0.3, 0.4) is 0 Å². The lowest BCUT2D eigenvalue weighted by Gasteiger charge is -2.32. The van der Waals surface area contributed by atoms with Gasteiger partial charge in [-0.25, -0.2) is 8.42 Å². The summed E-state index contributed by atoms with van der Waals surface area (Å²) in [7, 11) is -3.03. The summed E-state index contributed by atoms with van der Waals surface area (Å²) in [5, 5.41) is 8.85. The highest BCUT2D eigenvalue weighted by Gasteiger charge is 2.30. The van der Waals surface area contributed by atoms with E-state index in [0.717, 1.165) is 19.3 Å². The van der Waals surface area contributed by atoms with Gasteiger partial charge >= 0.3 is 0 Å². The Kier molecular flexibility index (Phi) is 4.34. The Balaban J connectivity index is 2.71. The third-order valence-electron chi connectivity index (χ3n) is 2.73. The highest BCUT2D eigenvalue weighted by molar-refractivity contribution is 7.89. The summed E-state index contributed by atoms with van der Waals surface area (Å²) in [6, 6.07) is -0.00898. The minimum absolute atomic E-state index is 0.00898. The van der Waals surface area contributed by atoms with Gasteiger partial charge in [-0.15, -0.1) is 0 Å². The van der Waals surface area contributed by atoms with Crippen LogP contribution in [0.1, 0.15) is 32.6 Å². The lowest BCUT2D eigenvalue weighted by atomic mass is 10.1. The number of rotatable bonds is 4. The molecule has 1 atom stereocenters. The van der Waals surface area contributed by atoms with Crippen molar-refractivity contribution in [2.75, 3.05) is 18.9 Å². The highest BCUT2D eigenvalue weighted by atomic mass is 32.2. The van der Waals surface area contributed by atoms with Crippen molar-refractivity contribution >= 4 is 10.0 Å². The van der Waals surface area contributed by atoms with Crippen LogP contribution in [-0.2, 0) is 10.0 Å². The third kappa shape index (κ3) is 2.68. The molecule has 1 heterocycles. The molecule has 84 valence electrons. The molecule has 0 bridgehead atoms. The first-order valence-electron chi connectivity index (χ1n) is 5.22. The van der Waals surface area contributed by atoms with E-state index in [1.54, 1.807) is 4.31 Å². The van der Waals surface area contributed by atoms with Crippen LogP contribution in [0.2, 0.25) is 0 Å². The van der Waals surface area contributed by atoms with Crippen molar-refractivity contribution in [1.82, 2.24) is 4.31 Å². The molecule has 5 heteroatoms. The third-order valence-corrected chi connectivity index (χ3v) is 4.73. The smallest absolute Gasteiger partial charge is 0.214 e. The van der Waals surface area contributed by atoms with E-state index >= 15 is 0 Å². The van der Waals surface area contributed by atoms with Gasteiger partial charge in [-0.2, -0.15) is 4.31 Å². The Bertz CT molecular complexity index is 263. The molecule has 0 aromatic rings. The number of hydrogen-bond donors (Lipinski definition) is 1.